The van der Waals surface area contributed by atoms with Crippen molar-refractivity contribution in [3.8, 4) is 0 Å². The Kier molecular flexibility index (Phi) is 2.45. The van der Waals surface area contributed by atoms with Crippen molar-refractivity contribution in [3.63, 3.8) is 0 Å². The highest BCUT2D eigenvalue weighted by Gasteiger charge is 2.01. The molecule has 12 heavy (non-hydrogen) atoms. The van der Waals surface area contributed by atoms with Crippen molar-refractivity contribution < 1.29 is 0 Å². The van der Waals surface area contributed by atoms with Gasteiger partial charge in [-0.05, 0) is 24.6 Å². The third-order valence-electron chi connectivity index (χ3n) is 1.79. The van der Waals surface area contributed by atoms with Crippen LogP contribution in [0.15, 0.2) is 18.2 Å². The molecule has 3 heteroatoms. The van der Waals surface area contributed by atoms with Crippen LogP contribution in [0.1, 0.15) is 24.1 Å². The van der Waals surface area contributed by atoms with E-state index in [-0.39, 0.29) is 6.04 Å². The summed E-state index contributed by atoms with van der Waals surface area (Å²) in [5, 5.41) is 7.08. The van der Waals surface area contributed by atoms with E-state index in [1.807, 2.05) is 19.1 Å². The number of hydrogen-bond acceptors (Lipinski definition) is 3. The van der Waals surface area contributed by atoms with E-state index in [9.17, 15) is 0 Å². The van der Waals surface area contributed by atoms with Gasteiger partial charge in [-0.1, -0.05) is 6.07 Å². The molecule has 1 aromatic rings. The minimum Gasteiger partial charge on any atom is -0.398 e. The molecule has 1 atom stereocenters. The number of anilines is 1. The van der Waals surface area contributed by atoms with Gasteiger partial charge >= 0.3 is 0 Å². The van der Waals surface area contributed by atoms with Gasteiger partial charge in [-0.15, -0.1) is 0 Å². The fourth-order valence-corrected chi connectivity index (χ4v) is 1.00. The Hall–Kier alpha value is -1.35. The first kappa shape index (κ1) is 8.74. The van der Waals surface area contributed by atoms with Gasteiger partial charge in [0.1, 0.15) is 0 Å². The monoisotopic (exact) mass is 163 g/mol. The fraction of sp³-hybridized carbons (Fsp3) is 0.222. The van der Waals surface area contributed by atoms with Crippen molar-refractivity contribution >= 4 is 11.9 Å². The van der Waals surface area contributed by atoms with Gasteiger partial charge in [0.2, 0.25) is 0 Å². The quantitative estimate of drug-likeness (QED) is 0.454. The molecule has 0 aromatic heterocycles. The van der Waals surface area contributed by atoms with E-state index in [0.717, 1.165) is 11.1 Å². The van der Waals surface area contributed by atoms with Gasteiger partial charge in [0.15, 0.2) is 0 Å². The normalized spacial score (nSPS) is 12.5. The molecule has 0 aliphatic carbocycles. The first-order valence-corrected chi connectivity index (χ1v) is 3.80. The lowest BCUT2D eigenvalue weighted by Crippen LogP contribution is -2.06. The largest absolute Gasteiger partial charge is 0.398 e. The van der Waals surface area contributed by atoms with Gasteiger partial charge in [0.05, 0.1) is 0 Å². The van der Waals surface area contributed by atoms with E-state index in [1.54, 1.807) is 6.07 Å². The average molecular weight is 163 g/mol. The van der Waals surface area contributed by atoms with E-state index in [2.05, 4.69) is 0 Å². The van der Waals surface area contributed by atoms with Gasteiger partial charge in [-0.2, -0.15) is 0 Å². The first-order valence-electron chi connectivity index (χ1n) is 3.80. The minimum atomic E-state index is -0.00991. The molecular formula is C9H13N3. The maximum atomic E-state index is 7.08. The predicted molar refractivity (Wildman–Crippen MR) is 51.3 cm³/mol. The molecule has 0 aliphatic rings. The van der Waals surface area contributed by atoms with Crippen LogP contribution in [-0.4, -0.2) is 6.21 Å². The molecule has 0 fully saturated rings. The number of rotatable bonds is 2. The Balaban J connectivity index is 3.13. The molecule has 1 aromatic carbocycles. The molecule has 64 valence electrons. The minimum absolute atomic E-state index is 0.00991. The summed E-state index contributed by atoms with van der Waals surface area (Å²) in [6, 6.07) is 5.49. The molecule has 0 heterocycles. The third-order valence-corrected chi connectivity index (χ3v) is 1.79. The van der Waals surface area contributed by atoms with Crippen LogP contribution >= 0.6 is 0 Å². The van der Waals surface area contributed by atoms with Gasteiger partial charge in [-0.25, -0.2) is 0 Å². The summed E-state index contributed by atoms with van der Waals surface area (Å²) in [4.78, 5) is 0. The van der Waals surface area contributed by atoms with Crippen LogP contribution in [-0.2, 0) is 0 Å². The zero-order valence-corrected chi connectivity index (χ0v) is 7.04. The number of nitrogens with two attached hydrogens (primary N) is 2. The van der Waals surface area contributed by atoms with Crippen molar-refractivity contribution in [1.82, 2.24) is 0 Å². The van der Waals surface area contributed by atoms with Crippen molar-refractivity contribution in [2.45, 2.75) is 13.0 Å². The highest BCUT2D eigenvalue weighted by atomic mass is 14.6. The van der Waals surface area contributed by atoms with Gasteiger partial charge in [0.25, 0.3) is 0 Å². The standard InChI is InChI=1S/C9H13N3/c1-6(11)7-2-3-9(12)8(4-7)5-10/h2-6,10H,11-12H2,1H3. The molecule has 0 radical (unpaired) electrons. The van der Waals surface area contributed by atoms with Gasteiger partial charge < -0.3 is 16.9 Å². The molecule has 1 rings (SSSR count). The Morgan fingerprint density at radius 2 is 2.17 bits per heavy atom. The first-order chi connectivity index (χ1) is 5.65. The Morgan fingerprint density at radius 1 is 1.50 bits per heavy atom. The second-order valence-electron chi connectivity index (χ2n) is 2.82. The SMILES string of the molecule is CC(N)c1ccc(N)c(C=N)c1. The van der Waals surface area contributed by atoms with Gasteiger partial charge in [0, 0.05) is 23.5 Å². The van der Waals surface area contributed by atoms with E-state index in [0.29, 0.717) is 5.69 Å². The highest BCUT2D eigenvalue weighted by molar-refractivity contribution is 5.85. The second-order valence-corrected chi connectivity index (χ2v) is 2.82. The van der Waals surface area contributed by atoms with Crippen LogP contribution in [0, 0.1) is 5.41 Å². The molecule has 0 amide bonds. The zero-order chi connectivity index (χ0) is 9.14. The molecule has 1 unspecified atom stereocenters. The van der Waals surface area contributed by atoms with Crippen LogP contribution in [0.5, 0.6) is 0 Å². The Labute approximate surface area is 71.9 Å². The van der Waals surface area contributed by atoms with Crippen LogP contribution in [0.3, 0.4) is 0 Å². The summed E-state index contributed by atoms with van der Waals surface area (Å²) < 4.78 is 0. The summed E-state index contributed by atoms with van der Waals surface area (Å²) in [5.74, 6) is 0. The average Bonchev–Trinajstić information content (AvgIpc) is 2.05. The molecule has 3 nitrogen and oxygen atoms in total. The number of hydrogen-bond donors (Lipinski definition) is 3. The maximum Gasteiger partial charge on any atom is 0.0403 e. The van der Waals surface area contributed by atoms with E-state index >= 15 is 0 Å². The number of nitrogens with one attached hydrogen (secondary N) is 1. The third kappa shape index (κ3) is 1.62. The summed E-state index contributed by atoms with van der Waals surface area (Å²) >= 11 is 0. The van der Waals surface area contributed by atoms with Crippen LogP contribution < -0.4 is 11.5 Å². The lowest BCUT2D eigenvalue weighted by molar-refractivity contribution is 0.818. The fourth-order valence-electron chi connectivity index (χ4n) is 1.00. The molecule has 5 N–H and O–H groups in total. The number of nitrogen functional groups attached to an aromatic ring is 1. The van der Waals surface area contributed by atoms with E-state index < -0.39 is 0 Å². The maximum absolute atomic E-state index is 7.08. The summed E-state index contributed by atoms with van der Waals surface area (Å²) in [5.41, 5.74) is 13.6. The number of benzene rings is 1. The van der Waals surface area contributed by atoms with E-state index in [1.165, 1.54) is 6.21 Å². The smallest absolute Gasteiger partial charge is 0.0403 e. The molecule has 0 aliphatic heterocycles. The predicted octanol–water partition coefficient (Wildman–Crippen LogP) is 1.29. The molecule has 0 saturated heterocycles. The van der Waals surface area contributed by atoms with Crippen LogP contribution in [0.25, 0.3) is 0 Å². The Bertz CT molecular complexity index is 292. The van der Waals surface area contributed by atoms with E-state index in [4.69, 9.17) is 16.9 Å². The molecule has 0 bridgehead atoms. The van der Waals surface area contributed by atoms with Crippen molar-refractivity contribution in [2.75, 3.05) is 5.73 Å². The summed E-state index contributed by atoms with van der Waals surface area (Å²) in [6.07, 6.45) is 1.24. The highest BCUT2D eigenvalue weighted by Crippen LogP contribution is 2.15. The Morgan fingerprint density at radius 3 is 2.67 bits per heavy atom. The van der Waals surface area contributed by atoms with Crippen LogP contribution in [0.4, 0.5) is 5.69 Å². The zero-order valence-electron chi connectivity index (χ0n) is 7.04. The van der Waals surface area contributed by atoms with Crippen molar-refractivity contribution in [1.29, 1.82) is 5.41 Å². The lowest BCUT2D eigenvalue weighted by atomic mass is 10.1. The molecule has 0 saturated carbocycles. The summed E-state index contributed by atoms with van der Waals surface area (Å²) in [7, 11) is 0. The molecule has 0 spiro atoms. The van der Waals surface area contributed by atoms with Crippen molar-refractivity contribution in [3.05, 3.63) is 29.3 Å². The lowest BCUT2D eigenvalue weighted by Gasteiger charge is -2.07. The topological polar surface area (TPSA) is 75.9 Å². The van der Waals surface area contributed by atoms with Crippen molar-refractivity contribution in [2.24, 2.45) is 5.73 Å². The second kappa shape index (κ2) is 3.36. The van der Waals surface area contributed by atoms with Crippen LogP contribution in [0.2, 0.25) is 0 Å². The summed E-state index contributed by atoms with van der Waals surface area (Å²) in [6.45, 7) is 1.90. The molecular weight excluding hydrogens is 150 g/mol. The van der Waals surface area contributed by atoms with Gasteiger partial charge in [-0.3, -0.25) is 0 Å².